The molecule has 0 aromatic heterocycles. The smallest absolute Gasteiger partial charge is 0.322 e. The van der Waals surface area contributed by atoms with Crippen molar-refractivity contribution in [3.8, 4) is 12.3 Å². The first-order valence-corrected chi connectivity index (χ1v) is 5.44. The summed E-state index contributed by atoms with van der Waals surface area (Å²) in [7, 11) is 3.19. The summed E-state index contributed by atoms with van der Waals surface area (Å²) in [4.78, 5) is 11.2. The minimum Gasteiger partial charge on any atom is -0.468 e. The molecule has 3 nitrogen and oxygen atoms in total. The van der Waals surface area contributed by atoms with Gasteiger partial charge in [-0.1, -0.05) is 19.3 Å². The van der Waals surface area contributed by atoms with Crippen molar-refractivity contribution in [2.45, 2.75) is 44.6 Å². The number of nitrogens with one attached hydrogen (secondary N) is 1. The molecule has 0 heterocycles. The maximum absolute atomic E-state index is 11.2. The number of esters is 1. The molecule has 0 radical (unpaired) electrons. The summed E-state index contributed by atoms with van der Waals surface area (Å²) in [6.45, 7) is 0. The van der Waals surface area contributed by atoms with Crippen LogP contribution in [0, 0.1) is 12.3 Å². The lowest BCUT2D eigenvalue weighted by atomic mass is 10.1. The van der Waals surface area contributed by atoms with Crippen molar-refractivity contribution in [3.63, 3.8) is 0 Å². The summed E-state index contributed by atoms with van der Waals surface area (Å²) in [5.74, 6) is 2.44. The molecule has 0 amide bonds. The molecule has 0 saturated heterocycles. The Morgan fingerprint density at radius 1 is 1.40 bits per heavy atom. The Morgan fingerprint density at radius 3 is 2.60 bits per heavy atom. The van der Waals surface area contributed by atoms with E-state index in [0.717, 1.165) is 38.5 Å². The van der Waals surface area contributed by atoms with Crippen molar-refractivity contribution in [2.75, 3.05) is 14.2 Å². The maximum Gasteiger partial charge on any atom is 0.322 e. The van der Waals surface area contributed by atoms with E-state index in [1.54, 1.807) is 7.05 Å². The van der Waals surface area contributed by atoms with Gasteiger partial charge < -0.3 is 10.1 Å². The number of hydrogen-bond acceptors (Lipinski definition) is 3. The summed E-state index contributed by atoms with van der Waals surface area (Å²) in [5.41, 5.74) is 0. The minimum absolute atomic E-state index is 0.164. The van der Waals surface area contributed by atoms with Crippen molar-refractivity contribution in [2.24, 2.45) is 0 Å². The molecule has 1 unspecified atom stereocenters. The van der Waals surface area contributed by atoms with Crippen LogP contribution in [0.4, 0.5) is 0 Å². The second-order valence-electron chi connectivity index (χ2n) is 3.52. The van der Waals surface area contributed by atoms with Crippen LogP contribution in [0.1, 0.15) is 38.5 Å². The average molecular weight is 211 g/mol. The fraction of sp³-hybridized carbons (Fsp3) is 0.750. The van der Waals surface area contributed by atoms with E-state index in [0.29, 0.717) is 0 Å². The van der Waals surface area contributed by atoms with Crippen molar-refractivity contribution in [1.82, 2.24) is 5.32 Å². The van der Waals surface area contributed by atoms with Gasteiger partial charge in [-0.25, -0.2) is 0 Å². The fourth-order valence-electron chi connectivity index (χ4n) is 1.45. The van der Waals surface area contributed by atoms with Crippen molar-refractivity contribution in [3.05, 3.63) is 0 Å². The summed E-state index contributed by atoms with van der Waals surface area (Å²) < 4.78 is 4.67. The Bertz CT molecular complexity index is 208. The monoisotopic (exact) mass is 211 g/mol. The van der Waals surface area contributed by atoms with E-state index in [2.05, 4.69) is 16.0 Å². The van der Waals surface area contributed by atoms with Gasteiger partial charge in [0.15, 0.2) is 0 Å². The van der Waals surface area contributed by atoms with Crippen LogP contribution in [0.25, 0.3) is 0 Å². The third-order valence-electron chi connectivity index (χ3n) is 2.40. The molecular formula is C12H21NO2. The number of hydrogen-bond donors (Lipinski definition) is 1. The Balaban J connectivity index is 3.47. The topological polar surface area (TPSA) is 38.3 Å². The van der Waals surface area contributed by atoms with Crippen LogP contribution in [0.15, 0.2) is 0 Å². The van der Waals surface area contributed by atoms with Gasteiger partial charge in [-0.3, -0.25) is 4.79 Å². The van der Waals surface area contributed by atoms with E-state index in [4.69, 9.17) is 6.42 Å². The first-order chi connectivity index (χ1) is 7.26. The van der Waals surface area contributed by atoms with Crippen LogP contribution in [0.3, 0.4) is 0 Å². The highest BCUT2D eigenvalue weighted by atomic mass is 16.5. The van der Waals surface area contributed by atoms with Gasteiger partial charge in [-0.05, 0) is 19.9 Å². The number of carbonyl (C=O) groups excluding carboxylic acids is 1. The maximum atomic E-state index is 11.2. The van der Waals surface area contributed by atoms with E-state index in [9.17, 15) is 4.79 Å². The van der Waals surface area contributed by atoms with Gasteiger partial charge >= 0.3 is 5.97 Å². The van der Waals surface area contributed by atoms with E-state index in [1.807, 2.05) is 0 Å². The van der Waals surface area contributed by atoms with Crippen LogP contribution in [0.5, 0.6) is 0 Å². The molecule has 1 atom stereocenters. The van der Waals surface area contributed by atoms with Gasteiger partial charge in [0.25, 0.3) is 0 Å². The summed E-state index contributed by atoms with van der Waals surface area (Å²) in [6.07, 6.45) is 11.2. The zero-order chi connectivity index (χ0) is 11.5. The molecule has 3 heteroatoms. The number of rotatable bonds is 8. The second kappa shape index (κ2) is 9.54. The molecule has 0 saturated carbocycles. The van der Waals surface area contributed by atoms with Crippen molar-refractivity contribution in [1.29, 1.82) is 0 Å². The lowest BCUT2D eigenvalue weighted by molar-refractivity contribution is -0.143. The predicted octanol–water partition coefficient (Wildman–Crippen LogP) is 1.72. The van der Waals surface area contributed by atoms with Crippen LogP contribution < -0.4 is 5.32 Å². The summed E-state index contributed by atoms with van der Waals surface area (Å²) >= 11 is 0. The van der Waals surface area contributed by atoms with Crippen molar-refractivity contribution < 1.29 is 9.53 Å². The highest BCUT2D eigenvalue weighted by molar-refractivity contribution is 5.75. The lowest BCUT2D eigenvalue weighted by Crippen LogP contribution is -2.34. The molecule has 15 heavy (non-hydrogen) atoms. The number of ether oxygens (including phenoxy) is 1. The molecule has 86 valence electrons. The highest BCUT2D eigenvalue weighted by Crippen LogP contribution is 2.07. The largest absolute Gasteiger partial charge is 0.468 e. The quantitative estimate of drug-likeness (QED) is 0.377. The van der Waals surface area contributed by atoms with Crippen LogP contribution in [-0.2, 0) is 9.53 Å². The molecule has 0 aromatic carbocycles. The SMILES string of the molecule is C#CCCCCCCC(NC)C(=O)OC. The Hall–Kier alpha value is -1.01. The normalized spacial score (nSPS) is 11.8. The Labute approximate surface area is 92.6 Å². The summed E-state index contributed by atoms with van der Waals surface area (Å²) in [5, 5.41) is 2.95. The van der Waals surface area contributed by atoms with E-state index >= 15 is 0 Å². The lowest BCUT2D eigenvalue weighted by Gasteiger charge is -2.12. The molecule has 0 aliphatic carbocycles. The van der Waals surface area contributed by atoms with E-state index in [1.165, 1.54) is 7.11 Å². The second-order valence-corrected chi connectivity index (χ2v) is 3.52. The molecule has 1 N–H and O–H groups in total. The fourth-order valence-corrected chi connectivity index (χ4v) is 1.45. The first kappa shape index (κ1) is 14.0. The zero-order valence-corrected chi connectivity index (χ0v) is 9.71. The standard InChI is InChI=1S/C12H21NO2/c1-4-5-6-7-8-9-10-11(13-2)12(14)15-3/h1,11,13H,5-10H2,2-3H3. The molecule has 0 aliphatic rings. The third-order valence-corrected chi connectivity index (χ3v) is 2.40. The Kier molecular flexibility index (Phi) is 8.90. The van der Waals surface area contributed by atoms with Gasteiger partial charge in [0.05, 0.1) is 7.11 Å². The van der Waals surface area contributed by atoms with Gasteiger partial charge in [0.2, 0.25) is 0 Å². The number of unbranched alkanes of at least 4 members (excludes halogenated alkanes) is 4. The minimum atomic E-state index is -0.180. The number of carbonyl (C=O) groups is 1. The summed E-state index contributed by atoms with van der Waals surface area (Å²) in [6, 6.07) is -0.164. The van der Waals surface area contributed by atoms with Crippen molar-refractivity contribution >= 4 is 5.97 Å². The number of terminal acetylenes is 1. The third kappa shape index (κ3) is 6.98. The molecule has 0 rings (SSSR count). The van der Waals surface area contributed by atoms with Gasteiger partial charge in [-0.2, -0.15) is 0 Å². The molecule has 0 aromatic rings. The zero-order valence-electron chi connectivity index (χ0n) is 9.71. The van der Waals surface area contributed by atoms with Crippen LogP contribution >= 0.6 is 0 Å². The van der Waals surface area contributed by atoms with Crippen LogP contribution in [-0.4, -0.2) is 26.2 Å². The molecule has 0 fully saturated rings. The predicted molar refractivity (Wildman–Crippen MR) is 61.4 cm³/mol. The molecule has 0 bridgehead atoms. The average Bonchev–Trinajstić information content (AvgIpc) is 2.27. The van der Waals surface area contributed by atoms with E-state index < -0.39 is 0 Å². The first-order valence-electron chi connectivity index (χ1n) is 5.44. The van der Waals surface area contributed by atoms with Crippen LogP contribution in [0.2, 0.25) is 0 Å². The highest BCUT2D eigenvalue weighted by Gasteiger charge is 2.15. The van der Waals surface area contributed by atoms with Gasteiger partial charge in [0.1, 0.15) is 6.04 Å². The number of methoxy groups -OCH3 is 1. The van der Waals surface area contributed by atoms with E-state index in [-0.39, 0.29) is 12.0 Å². The molecule has 0 aliphatic heterocycles. The number of likely N-dealkylation sites (N-methyl/N-ethyl adjacent to an activating group) is 1. The molecule has 0 spiro atoms. The molecular weight excluding hydrogens is 190 g/mol. The Morgan fingerprint density at radius 2 is 2.07 bits per heavy atom. The van der Waals surface area contributed by atoms with Gasteiger partial charge in [-0.15, -0.1) is 12.3 Å². The van der Waals surface area contributed by atoms with Gasteiger partial charge in [0, 0.05) is 6.42 Å².